The Morgan fingerprint density at radius 3 is 2.30 bits per heavy atom. The molecule has 17 heteroatoms. The number of aliphatic imine (C=N–C) groups is 1. The number of thiophene rings is 2. The Balaban J connectivity index is 0.832. The van der Waals surface area contributed by atoms with Gasteiger partial charge in [-0.05, 0) is 80.2 Å². The minimum atomic E-state index is -0.967. The molecule has 5 heterocycles. The maximum atomic E-state index is 14.0. The summed E-state index contributed by atoms with van der Waals surface area (Å²) in [5.41, 5.74) is 7.67. The van der Waals surface area contributed by atoms with E-state index in [1.54, 1.807) is 22.7 Å². The fraction of sp³-hybridized carbons (Fsp3) is 0.460. The van der Waals surface area contributed by atoms with Crippen LogP contribution in [-0.2, 0) is 35.2 Å². The summed E-state index contributed by atoms with van der Waals surface area (Å²) in [5.74, 6) is -0.106. The number of hydrogen-bond acceptors (Lipinski definition) is 12. The van der Waals surface area contributed by atoms with Crippen LogP contribution in [0.25, 0.3) is 15.4 Å². The maximum Gasteiger partial charge on any atom is 0.246 e. The van der Waals surface area contributed by atoms with Crippen molar-refractivity contribution in [3.63, 3.8) is 0 Å². The first-order valence-corrected chi connectivity index (χ1v) is 24.5. The molecule has 0 aliphatic carbocycles. The van der Waals surface area contributed by atoms with Gasteiger partial charge in [-0.3, -0.25) is 28.7 Å². The number of benzene rings is 2. The fourth-order valence-electron chi connectivity index (χ4n) is 8.35. The number of rotatable bonds is 18. The summed E-state index contributed by atoms with van der Waals surface area (Å²) in [6.07, 6.45) is -0.188. The number of β-amino-alcohol motifs (C(OH)–C–C–N with tert-alkyl or cyclic N) is 1. The molecule has 67 heavy (non-hydrogen) atoms. The van der Waals surface area contributed by atoms with Gasteiger partial charge in [-0.1, -0.05) is 74.9 Å². The van der Waals surface area contributed by atoms with Crippen molar-refractivity contribution in [2.24, 2.45) is 10.4 Å². The first kappa shape index (κ1) is 49.3. The molecule has 2 aliphatic heterocycles. The SMILES string of the molecule is Cc1ccc(C2=NC(CC(=O)NCCOCCCOCC(=O)N[C@H](C(=O)N3C[C@@H](O)CC3C(=O)NCc3ccc(-c4sccc4C)cc3)C(C)(C)C)c3nnc(C)n3-c3sc(C)c(C)c32)cc1. The van der Waals surface area contributed by atoms with Crippen LogP contribution in [0.3, 0.4) is 0 Å². The molecule has 356 valence electrons. The number of aromatic nitrogens is 3. The lowest BCUT2D eigenvalue weighted by molar-refractivity contribution is -0.144. The summed E-state index contributed by atoms with van der Waals surface area (Å²) in [5, 5.41) is 31.2. The number of aryl methyl sites for hydroxylation is 4. The van der Waals surface area contributed by atoms with Crippen molar-refractivity contribution >= 4 is 52.0 Å². The molecule has 5 aromatic rings. The Morgan fingerprint density at radius 1 is 0.881 bits per heavy atom. The molecule has 3 aromatic heterocycles. The number of carbonyl (C=O) groups excluding carboxylic acids is 4. The molecule has 2 unspecified atom stereocenters. The highest BCUT2D eigenvalue weighted by Gasteiger charge is 2.44. The smallest absolute Gasteiger partial charge is 0.246 e. The lowest BCUT2D eigenvalue weighted by Crippen LogP contribution is -2.58. The van der Waals surface area contributed by atoms with Crippen LogP contribution in [0.1, 0.15) is 96.0 Å². The number of hydrogen-bond donors (Lipinski definition) is 4. The summed E-state index contributed by atoms with van der Waals surface area (Å²) in [7, 11) is 0. The van der Waals surface area contributed by atoms with E-state index in [9.17, 15) is 24.3 Å². The predicted octanol–water partition coefficient (Wildman–Crippen LogP) is 6.23. The Kier molecular flexibility index (Phi) is 15.9. The van der Waals surface area contributed by atoms with Gasteiger partial charge in [0.25, 0.3) is 0 Å². The zero-order valence-electron chi connectivity index (χ0n) is 39.6. The second-order valence-corrected chi connectivity index (χ2v) is 20.6. The standard InChI is InChI=1S/C50H62N8O7S2/c1-29-10-14-35(15-11-29)43-42-31(3)32(4)67-49(42)58-33(5)55-56-46(58)38(53-43)25-40(60)51-19-22-64-20-9-21-65-28-41(61)54-45(50(6,7)8)48(63)57-27-37(59)24-39(57)47(62)52-26-34-12-16-36(17-13-34)44-30(2)18-23-66-44/h10-18,23,37-39,45,59H,9,19-22,24-28H2,1-8H3,(H,51,60)(H,52,62)(H,54,61)/t37-,38?,39?,45+/m0/s1. The number of aliphatic hydroxyl groups excluding tert-OH is 1. The van der Waals surface area contributed by atoms with Crippen LogP contribution in [0.5, 0.6) is 0 Å². The molecule has 0 spiro atoms. The molecule has 2 aliphatic rings. The third-order valence-electron chi connectivity index (χ3n) is 12.2. The monoisotopic (exact) mass is 950 g/mol. The Labute approximate surface area is 400 Å². The van der Waals surface area contributed by atoms with Crippen molar-refractivity contribution < 1.29 is 33.8 Å². The number of amides is 4. The molecule has 2 aromatic carbocycles. The first-order valence-electron chi connectivity index (χ1n) is 22.8. The number of likely N-dealkylation sites (tertiary alicyclic amines) is 1. The maximum absolute atomic E-state index is 14.0. The van der Waals surface area contributed by atoms with Gasteiger partial charge >= 0.3 is 0 Å². The molecule has 1 fully saturated rings. The van der Waals surface area contributed by atoms with Crippen molar-refractivity contribution in [3.05, 3.63) is 110 Å². The van der Waals surface area contributed by atoms with Crippen molar-refractivity contribution in [1.29, 1.82) is 0 Å². The summed E-state index contributed by atoms with van der Waals surface area (Å²) >= 11 is 3.36. The van der Waals surface area contributed by atoms with Gasteiger partial charge in [-0.15, -0.1) is 32.9 Å². The molecule has 4 amide bonds. The van der Waals surface area contributed by atoms with Gasteiger partial charge in [0.15, 0.2) is 5.82 Å². The van der Waals surface area contributed by atoms with Crippen LogP contribution in [0.2, 0.25) is 0 Å². The van der Waals surface area contributed by atoms with Crippen LogP contribution in [0.4, 0.5) is 0 Å². The molecule has 0 saturated carbocycles. The third-order valence-corrected chi connectivity index (χ3v) is 14.4. The van der Waals surface area contributed by atoms with Gasteiger partial charge in [0, 0.05) is 60.2 Å². The average Bonchev–Trinajstić information content (AvgIpc) is 4.06. The van der Waals surface area contributed by atoms with Crippen molar-refractivity contribution in [2.75, 3.05) is 39.5 Å². The molecule has 0 radical (unpaired) electrons. The third kappa shape index (κ3) is 11.8. The van der Waals surface area contributed by atoms with Gasteiger partial charge in [-0.2, -0.15) is 0 Å². The lowest BCUT2D eigenvalue weighted by atomic mass is 9.85. The van der Waals surface area contributed by atoms with Crippen LogP contribution >= 0.6 is 22.7 Å². The van der Waals surface area contributed by atoms with E-state index in [0.717, 1.165) is 49.9 Å². The largest absolute Gasteiger partial charge is 0.391 e. The highest BCUT2D eigenvalue weighted by atomic mass is 32.1. The van der Waals surface area contributed by atoms with Crippen molar-refractivity contribution in [3.8, 4) is 15.4 Å². The molecule has 7 rings (SSSR count). The average molecular weight is 951 g/mol. The summed E-state index contributed by atoms with van der Waals surface area (Å²) in [4.78, 5) is 62.8. The minimum absolute atomic E-state index is 0.0153. The highest BCUT2D eigenvalue weighted by molar-refractivity contribution is 7.15. The number of nitrogens with zero attached hydrogens (tertiary/aromatic N) is 5. The molecular weight excluding hydrogens is 889 g/mol. The quantitative estimate of drug-likeness (QED) is 0.0739. The van der Waals surface area contributed by atoms with Crippen LogP contribution < -0.4 is 16.0 Å². The van der Waals surface area contributed by atoms with E-state index in [4.69, 9.17) is 14.5 Å². The zero-order chi connectivity index (χ0) is 48.0. The van der Waals surface area contributed by atoms with E-state index in [0.29, 0.717) is 25.4 Å². The molecular formula is C50H62N8O7S2. The molecule has 4 atom stereocenters. The topological polar surface area (TPSA) is 189 Å². The van der Waals surface area contributed by atoms with E-state index < -0.39 is 41.5 Å². The van der Waals surface area contributed by atoms with E-state index in [1.807, 2.05) is 56.5 Å². The number of aliphatic hydroxyl groups is 1. The van der Waals surface area contributed by atoms with Crippen molar-refractivity contribution in [1.82, 2.24) is 35.6 Å². The first-order chi connectivity index (χ1) is 32.0. The van der Waals surface area contributed by atoms with E-state index in [2.05, 4.69) is 89.6 Å². The van der Waals surface area contributed by atoms with Gasteiger partial charge in [0.1, 0.15) is 35.6 Å². The number of ether oxygens (including phenoxy) is 2. The Morgan fingerprint density at radius 2 is 1.60 bits per heavy atom. The van der Waals surface area contributed by atoms with Gasteiger partial charge in [0.2, 0.25) is 23.6 Å². The molecule has 15 nitrogen and oxygen atoms in total. The number of carbonyl (C=O) groups is 4. The number of nitrogens with one attached hydrogen (secondary N) is 3. The van der Waals surface area contributed by atoms with Crippen LogP contribution in [0.15, 0.2) is 65.0 Å². The molecule has 1 saturated heterocycles. The van der Waals surface area contributed by atoms with Crippen LogP contribution in [0, 0.1) is 40.0 Å². The lowest BCUT2D eigenvalue weighted by Gasteiger charge is -2.35. The Hall–Kier alpha value is -5.59. The van der Waals surface area contributed by atoms with Gasteiger partial charge in [-0.25, -0.2) is 0 Å². The second kappa shape index (κ2) is 21.6. The zero-order valence-corrected chi connectivity index (χ0v) is 41.2. The summed E-state index contributed by atoms with van der Waals surface area (Å²) in [6.45, 7) is 16.9. The highest BCUT2D eigenvalue weighted by Crippen LogP contribution is 2.39. The van der Waals surface area contributed by atoms with E-state index in [-0.39, 0.29) is 57.6 Å². The minimum Gasteiger partial charge on any atom is -0.391 e. The fourth-order valence-corrected chi connectivity index (χ4v) is 10.5. The second-order valence-electron chi connectivity index (χ2n) is 18.4. The van der Waals surface area contributed by atoms with Crippen LogP contribution in [-0.4, -0.2) is 112 Å². The van der Waals surface area contributed by atoms with Crippen molar-refractivity contribution in [2.45, 2.75) is 105 Å². The molecule has 4 N–H and O–H groups in total. The normalized spacial score (nSPS) is 17.3. The van der Waals surface area contributed by atoms with Gasteiger partial charge < -0.3 is 35.4 Å². The Bertz CT molecular complexity index is 2590. The summed E-state index contributed by atoms with van der Waals surface area (Å²) in [6, 6.07) is 16.0. The van der Waals surface area contributed by atoms with E-state index in [1.165, 1.54) is 20.2 Å². The van der Waals surface area contributed by atoms with E-state index >= 15 is 0 Å². The predicted molar refractivity (Wildman–Crippen MR) is 261 cm³/mol. The molecule has 0 bridgehead atoms. The summed E-state index contributed by atoms with van der Waals surface area (Å²) < 4.78 is 13.4. The van der Waals surface area contributed by atoms with Gasteiger partial charge in [0.05, 0.1) is 24.8 Å². The number of fused-ring (bicyclic) bond motifs is 3.